The second kappa shape index (κ2) is 4.81. The predicted molar refractivity (Wildman–Crippen MR) is 67.7 cm³/mol. The zero-order valence-corrected chi connectivity index (χ0v) is 11.1. The molecule has 0 amide bonds. The minimum atomic E-state index is -0.410. The van der Waals surface area contributed by atoms with Crippen LogP contribution >= 0.6 is 0 Å². The molecule has 2 rings (SSSR count). The lowest BCUT2D eigenvalue weighted by molar-refractivity contribution is -0.157. The minimum absolute atomic E-state index is 0.0592. The summed E-state index contributed by atoms with van der Waals surface area (Å²) in [5.41, 5.74) is -0.410. The fourth-order valence-corrected chi connectivity index (χ4v) is 2.16. The van der Waals surface area contributed by atoms with Crippen LogP contribution in [0, 0.1) is 5.41 Å². The first kappa shape index (κ1) is 12.6. The van der Waals surface area contributed by atoms with E-state index in [0.717, 1.165) is 19.1 Å². The largest absolute Gasteiger partial charge is 0.456 e. The molecule has 2 aliphatic rings. The third-order valence-electron chi connectivity index (χ3n) is 3.57. The molecule has 0 spiro atoms. The summed E-state index contributed by atoms with van der Waals surface area (Å²) < 4.78 is 5.54. The number of ether oxygens (including phenoxy) is 1. The molecule has 3 heteroatoms. The molecular formula is C14H23NO2. The molecule has 1 aliphatic heterocycles. The van der Waals surface area contributed by atoms with Gasteiger partial charge in [-0.25, -0.2) is 0 Å². The maximum Gasteiger partial charge on any atom is 0.311 e. The molecule has 1 atom stereocenters. The Morgan fingerprint density at radius 2 is 2.06 bits per heavy atom. The van der Waals surface area contributed by atoms with E-state index in [2.05, 4.69) is 11.0 Å². The van der Waals surface area contributed by atoms with Gasteiger partial charge in [0.2, 0.25) is 0 Å². The van der Waals surface area contributed by atoms with Gasteiger partial charge in [-0.2, -0.15) is 0 Å². The van der Waals surface area contributed by atoms with Crippen LogP contribution < -0.4 is 0 Å². The molecule has 1 saturated carbocycles. The van der Waals surface area contributed by atoms with Crippen LogP contribution in [-0.4, -0.2) is 36.1 Å². The van der Waals surface area contributed by atoms with Crippen molar-refractivity contribution in [3.63, 3.8) is 0 Å². The fraction of sp³-hybridized carbons (Fsp3) is 0.786. The third kappa shape index (κ3) is 3.09. The van der Waals surface area contributed by atoms with Gasteiger partial charge >= 0.3 is 5.97 Å². The lowest BCUT2D eigenvalue weighted by Gasteiger charge is -2.40. The van der Waals surface area contributed by atoms with Crippen LogP contribution in [0.15, 0.2) is 12.2 Å². The van der Waals surface area contributed by atoms with Crippen LogP contribution in [-0.2, 0) is 9.53 Å². The van der Waals surface area contributed by atoms with Crippen LogP contribution in [0.1, 0.15) is 40.0 Å². The molecule has 17 heavy (non-hydrogen) atoms. The monoisotopic (exact) mass is 237 g/mol. The van der Waals surface area contributed by atoms with Gasteiger partial charge in [0, 0.05) is 19.1 Å². The lowest BCUT2D eigenvalue weighted by Crippen LogP contribution is -2.47. The topological polar surface area (TPSA) is 29.5 Å². The van der Waals surface area contributed by atoms with Crippen molar-refractivity contribution in [3.8, 4) is 0 Å². The fourth-order valence-electron chi connectivity index (χ4n) is 2.16. The van der Waals surface area contributed by atoms with Gasteiger partial charge in [0.1, 0.15) is 6.10 Å². The number of nitrogens with zero attached hydrogens (tertiary/aromatic N) is 1. The summed E-state index contributed by atoms with van der Waals surface area (Å²) in [5.74, 6) is -0.109. The van der Waals surface area contributed by atoms with Gasteiger partial charge in [-0.3, -0.25) is 9.69 Å². The van der Waals surface area contributed by atoms with Crippen molar-refractivity contribution < 1.29 is 9.53 Å². The summed E-state index contributed by atoms with van der Waals surface area (Å²) in [6.07, 6.45) is 8.04. The number of rotatable bonds is 2. The first-order valence-electron chi connectivity index (χ1n) is 6.58. The number of hydrogen-bond acceptors (Lipinski definition) is 3. The Kier molecular flexibility index (Phi) is 3.57. The summed E-state index contributed by atoms with van der Waals surface area (Å²) >= 11 is 0. The van der Waals surface area contributed by atoms with Crippen LogP contribution in [0.2, 0.25) is 0 Å². The molecule has 0 saturated heterocycles. The Bertz CT molecular complexity index is 313. The Labute approximate surface area is 104 Å². The number of esters is 1. The molecule has 0 radical (unpaired) electrons. The zero-order valence-electron chi connectivity index (χ0n) is 11.1. The summed E-state index contributed by atoms with van der Waals surface area (Å²) in [5, 5.41) is 0. The third-order valence-corrected chi connectivity index (χ3v) is 3.57. The van der Waals surface area contributed by atoms with E-state index >= 15 is 0 Å². The molecule has 3 nitrogen and oxygen atoms in total. The second-order valence-corrected chi connectivity index (χ2v) is 6.16. The molecular weight excluding hydrogens is 214 g/mol. The highest BCUT2D eigenvalue weighted by Gasteiger charge is 2.31. The van der Waals surface area contributed by atoms with E-state index in [1.54, 1.807) is 0 Å². The second-order valence-electron chi connectivity index (χ2n) is 6.16. The standard InChI is InChI=1S/C14H23NO2/c1-14(2,3)13(16)17-12-8-5-9-15(10-12)11-6-4-7-11/h5,8,11-12H,4,6-7,9-10H2,1-3H3. The molecule has 1 unspecified atom stereocenters. The molecule has 1 heterocycles. The molecule has 0 aromatic heterocycles. The molecule has 0 bridgehead atoms. The smallest absolute Gasteiger partial charge is 0.311 e. The van der Waals surface area contributed by atoms with E-state index in [1.165, 1.54) is 19.3 Å². The van der Waals surface area contributed by atoms with Gasteiger partial charge in [-0.05, 0) is 39.7 Å². The highest BCUT2D eigenvalue weighted by atomic mass is 16.5. The van der Waals surface area contributed by atoms with Crippen LogP contribution in [0.4, 0.5) is 0 Å². The number of carbonyl (C=O) groups excluding carboxylic acids is 1. The van der Waals surface area contributed by atoms with Gasteiger partial charge in [0.25, 0.3) is 0 Å². The maximum atomic E-state index is 11.8. The molecule has 1 aliphatic carbocycles. The molecule has 96 valence electrons. The summed E-state index contributed by atoms with van der Waals surface area (Å²) in [6, 6.07) is 0.718. The summed E-state index contributed by atoms with van der Waals surface area (Å²) in [6.45, 7) is 7.56. The van der Waals surface area contributed by atoms with Crippen molar-refractivity contribution in [2.45, 2.75) is 52.2 Å². The van der Waals surface area contributed by atoms with E-state index in [1.807, 2.05) is 26.8 Å². The average molecular weight is 237 g/mol. The maximum absolute atomic E-state index is 11.8. The van der Waals surface area contributed by atoms with E-state index in [0.29, 0.717) is 0 Å². The van der Waals surface area contributed by atoms with Crippen molar-refractivity contribution in [1.29, 1.82) is 0 Å². The van der Waals surface area contributed by atoms with Crippen molar-refractivity contribution >= 4 is 5.97 Å². The first-order valence-corrected chi connectivity index (χ1v) is 6.58. The van der Waals surface area contributed by atoms with Crippen molar-refractivity contribution in [3.05, 3.63) is 12.2 Å². The molecule has 1 fully saturated rings. The Morgan fingerprint density at radius 3 is 2.59 bits per heavy atom. The lowest BCUT2D eigenvalue weighted by atomic mass is 9.90. The normalized spacial score (nSPS) is 26.6. The highest BCUT2D eigenvalue weighted by Crippen LogP contribution is 2.27. The van der Waals surface area contributed by atoms with Gasteiger partial charge < -0.3 is 4.74 Å². The summed E-state index contributed by atoms with van der Waals surface area (Å²) in [4.78, 5) is 14.3. The Balaban J connectivity index is 1.87. The van der Waals surface area contributed by atoms with Crippen molar-refractivity contribution in [2.24, 2.45) is 5.41 Å². The number of hydrogen-bond donors (Lipinski definition) is 0. The van der Waals surface area contributed by atoms with Gasteiger partial charge in [0.15, 0.2) is 0 Å². The van der Waals surface area contributed by atoms with Gasteiger partial charge in [-0.15, -0.1) is 0 Å². The summed E-state index contributed by atoms with van der Waals surface area (Å²) in [7, 11) is 0. The zero-order chi connectivity index (χ0) is 12.5. The van der Waals surface area contributed by atoms with Crippen LogP contribution in [0.5, 0.6) is 0 Å². The van der Waals surface area contributed by atoms with Gasteiger partial charge in [0.05, 0.1) is 5.41 Å². The molecule has 0 aromatic rings. The van der Waals surface area contributed by atoms with E-state index in [4.69, 9.17) is 4.74 Å². The Morgan fingerprint density at radius 1 is 1.35 bits per heavy atom. The Hall–Kier alpha value is -0.830. The highest BCUT2D eigenvalue weighted by molar-refractivity contribution is 5.75. The number of carbonyl (C=O) groups is 1. The minimum Gasteiger partial charge on any atom is -0.456 e. The van der Waals surface area contributed by atoms with Crippen molar-refractivity contribution in [2.75, 3.05) is 13.1 Å². The molecule has 0 aromatic carbocycles. The van der Waals surface area contributed by atoms with Crippen molar-refractivity contribution in [1.82, 2.24) is 4.90 Å². The van der Waals surface area contributed by atoms with Gasteiger partial charge in [-0.1, -0.05) is 12.5 Å². The van der Waals surface area contributed by atoms with E-state index in [9.17, 15) is 4.79 Å². The SMILES string of the molecule is CC(C)(C)C(=O)OC1C=CCN(C2CCC2)C1. The van der Waals surface area contributed by atoms with E-state index < -0.39 is 5.41 Å². The first-order chi connectivity index (χ1) is 7.97. The van der Waals surface area contributed by atoms with Crippen LogP contribution in [0.25, 0.3) is 0 Å². The molecule has 0 N–H and O–H groups in total. The average Bonchev–Trinajstić information content (AvgIpc) is 2.13. The predicted octanol–water partition coefficient (Wildman–Crippen LogP) is 2.37. The van der Waals surface area contributed by atoms with E-state index in [-0.39, 0.29) is 12.1 Å². The van der Waals surface area contributed by atoms with Crippen LogP contribution in [0.3, 0.4) is 0 Å². The quantitative estimate of drug-likeness (QED) is 0.545.